The molecule has 1 fully saturated rings. The number of nitrogens with one attached hydrogen (secondary N) is 1. The van der Waals surface area contributed by atoms with E-state index in [0.717, 1.165) is 24.6 Å². The summed E-state index contributed by atoms with van der Waals surface area (Å²) in [6, 6.07) is 10.1. The molecule has 1 saturated carbocycles. The number of halogens is 1. The first-order valence-electron chi connectivity index (χ1n) is 10.2. The van der Waals surface area contributed by atoms with Gasteiger partial charge < -0.3 is 10.4 Å². The minimum atomic E-state index is -0.796. The zero-order chi connectivity index (χ0) is 22.0. The highest BCUT2D eigenvalue weighted by atomic mass is 19.1. The lowest BCUT2D eigenvalue weighted by Gasteiger charge is -2.27. The molecule has 0 bridgehead atoms. The molecule has 1 aliphatic rings. The lowest BCUT2D eigenvalue weighted by molar-refractivity contribution is -0.142. The molecule has 0 unspecified atom stereocenters. The summed E-state index contributed by atoms with van der Waals surface area (Å²) < 4.78 is 16.1. The van der Waals surface area contributed by atoms with Crippen molar-refractivity contribution in [3.8, 4) is 16.9 Å². The molecule has 3 aromatic rings. The number of nitrogens with zero attached hydrogens (tertiary/aromatic N) is 3. The number of anilines is 1. The average molecular weight is 422 g/mol. The largest absolute Gasteiger partial charge is 0.481 e. The van der Waals surface area contributed by atoms with Gasteiger partial charge in [-0.05, 0) is 43.9 Å². The lowest BCUT2D eigenvalue weighted by atomic mass is 9.86. The highest BCUT2D eigenvalue weighted by molar-refractivity contribution is 5.70. The Kier molecular flexibility index (Phi) is 5.79. The van der Waals surface area contributed by atoms with Gasteiger partial charge in [0, 0.05) is 29.6 Å². The second kappa shape index (κ2) is 8.67. The summed E-state index contributed by atoms with van der Waals surface area (Å²) in [4.78, 5) is 31.9. The number of hydrogen-bond acceptors (Lipinski definition) is 5. The van der Waals surface area contributed by atoms with Crippen molar-refractivity contribution in [2.75, 3.05) is 5.32 Å². The fourth-order valence-electron chi connectivity index (χ4n) is 3.97. The van der Waals surface area contributed by atoms with Crippen LogP contribution >= 0.6 is 0 Å². The molecule has 0 saturated heterocycles. The number of aromatic nitrogens is 3. The number of pyridine rings is 1. The van der Waals surface area contributed by atoms with Crippen molar-refractivity contribution < 1.29 is 14.3 Å². The van der Waals surface area contributed by atoms with E-state index in [0.29, 0.717) is 24.1 Å². The van der Waals surface area contributed by atoms with Crippen molar-refractivity contribution in [2.45, 2.75) is 38.6 Å². The first-order valence-corrected chi connectivity index (χ1v) is 10.2. The highest BCUT2D eigenvalue weighted by Crippen LogP contribution is 2.28. The molecular weight excluding hydrogens is 399 g/mol. The van der Waals surface area contributed by atoms with Crippen LogP contribution in [-0.4, -0.2) is 31.7 Å². The zero-order valence-corrected chi connectivity index (χ0v) is 17.1. The first kappa shape index (κ1) is 20.7. The van der Waals surface area contributed by atoms with Crippen molar-refractivity contribution in [3.05, 3.63) is 70.5 Å². The fraction of sp³-hybridized carbons (Fsp3) is 0.304. The Bertz CT molecular complexity index is 1180. The molecule has 2 atom stereocenters. The SMILES string of the molecule is Cc1ccc(=O)n(-c2cccc(-c3nc(N[C@H]4CCC[C@@H](C(=O)O)C4)ncc3F)c2)c1. The van der Waals surface area contributed by atoms with Crippen LogP contribution in [0.3, 0.4) is 0 Å². The summed E-state index contributed by atoms with van der Waals surface area (Å²) in [7, 11) is 0. The third kappa shape index (κ3) is 4.63. The molecule has 1 aromatic carbocycles. The summed E-state index contributed by atoms with van der Waals surface area (Å²) in [5.41, 5.74) is 1.98. The molecule has 1 aliphatic carbocycles. The summed E-state index contributed by atoms with van der Waals surface area (Å²) in [6.45, 7) is 1.89. The maximum absolute atomic E-state index is 14.6. The third-order valence-corrected chi connectivity index (χ3v) is 5.56. The number of carboxylic acid groups (broad SMARTS) is 1. The molecular formula is C23H23FN4O3. The zero-order valence-electron chi connectivity index (χ0n) is 17.1. The van der Waals surface area contributed by atoms with Crippen molar-refractivity contribution in [3.63, 3.8) is 0 Å². The number of carbonyl (C=O) groups is 1. The van der Waals surface area contributed by atoms with E-state index in [9.17, 15) is 19.1 Å². The second-order valence-corrected chi connectivity index (χ2v) is 7.90. The van der Waals surface area contributed by atoms with Gasteiger partial charge in [-0.25, -0.2) is 14.4 Å². The molecule has 0 radical (unpaired) electrons. The van der Waals surface area contributed by atoms with Crippen LogP contribution < -0.4 is 10.9 Å². The van der Waals surface area contributed by atoms with Crippen LogP contribution in [0.1, 0.15) is 31.2 Å². The van der Waals surface area contributed by atoms with Crippen LogP contribution in [0.5, 0.6) is 0 Å². The molecule has 2 N–H and O–H groups in total. The molecule has 0 aliphatic heterocycles. The van der Waals surface area contributed by atoms with Crippen LogP contribution in [0, 0.1) is 18.7 Å². The van der Waals surface area contributed by atoms with Gasteiger partial charge in [-0.15, -0.1) is 0 Å². The molecule has 4 rings (SSSR count). The van der Waals surface area contributed by atoms with Gasteiger partial charge in [-0.1, -0.05) is 24.6 Å². The van der Waals surface area contributed by atoms with Gasteiger partial charge in [-0.3, -0.25) is 14.2 Å². The van der Waals surface area contributed by atoms with E-state index < -0.39 is 17.7 Å². The van der Waals surface area contributed by atoms with Gasteiger partial charge in [-0.2, -0.15) is 0 Å². The number of benzene rings is 1. The van der Waals surface area contributed by atoms with Crippen molar-refractivity contribution in [1.29, 1.82) is 0 Å². The number of rotatable bonds is 5. The molecule has 160 valence electrons. The average Bonchev–Trinajstić information content (AvgIpc) is 2.77. The van der Waals surface area contributed by atoms with E-state index in [4.69, 9.17) is 0 Å². The van der Waals surface area contributed by atoms with Crippen LogP contribution in [0.4, 0.5) is 10.3 Å². The van der Waals surface area contributed by atoms with Gasteiger partial charge in [0.1, 0.15) is 5.69 Å². The maximum atomic E-state index is 14.6. The molecule has 8 heteroatoms. The van der Waals surface area contributed by atoms with E-state index in [2.05, 4.69) is 15.3 Å². The summed E-state index contributed by atoms with van der Waals surface area (Å²) >= 11 is 0. The molecule has 31 heavy (non-hydrogen) atoms. The third-order valence-electron chi connectivity index (χ3n) is 5.56. The van der Waals surface area contributed by atoms with E-state index >= 15 is 0 Å². The Hall–Kier alpha value is -3.55. The summed E-state index contributed by atoms with van der Waals surface area (Å²) in [6.07, 6.45) is 5.59. The fourth-order valence-corrected chi connectivity index (χ4v) is 3.97. The molecule has 2 heterocycles. The van der Waals surface area contributed by atoms with Crippen LogP contribution in [0.25, 0.3) is 16.9 Å². The summed E-state index contributed by atoms with van der Waals surface area (Å²) in [5.74, 6) is -1.51. The van der Waals surface area contributed by atoms with Crippen LogP contribution in [-0.2, 0) is 4.79 Å². The standard InChI is InChI=1S/C23H23FN4O3/c1-14-8-9-20(29)28(13-14)18-7-3-4-15(11-18)21-19(24)12-25-23(27-21)26-17-6-2-5-16(10-17)22(30)31/h3-4,7-9,11-13,16-17H,2,5-6,10H2,1H3,(H,30,31)(H,25,26,27)/t16-,17+/m1/s1. The van der Waals surface area contributed by atoms with Crippen molar-refractivity contribution >= 4 is 11.9 Å². The minimum Gasteiger partial charge on any atom is -0.481 e. The van der Waals surface area contributed by atoms with Crippen LogP contribution in [0.15, 0.2) is 53.6 Å². The van der Waals surface area contributed by atoms with Gasteiger partial charge in [0.2, 0.25) is 5.95 Å². The van der Waals surface area contributed by atoms with E-state index in [-0.39, 0.29) is 23.2 Å². The topological polar surface area (TPSA) is 97.1 Å². The smallest absolute Gasteiger partial charge is 0.306 e. The van der Waals surface area contributed by atoms with Gasteiger partial charge >= 0.3 is 5.97 Å². The number of aryl methyl sites for hydroxylation is 1. The number of carboxylic acids is 1. The lowest BCUT2D eigenvalue weighted by Crippen LogP contribution is -2.31. The van der Waals surface area contributed by atoms with E-state index in [1.165, 1.54) is 10.6 Å². The Balaban J connectivity index is 1.63. The van der Waals surface area contributed by atoms with Crippen molar-refractivity contribution in [2.24, 2.45) is 5.92 Å². The molecule has 0 spiro atoms. The Labute approximate surface area is 178 Å². The van der Waals surface area contributed by atoms with Gasteiger partial charge in [0.15, 0.2) is 5.82 Å². The van der Waals surface area contributed by atoms with Crippen molar-refractivity contribution in [1.82, 2.24) is 14.5 Å². The predicted molar refractivity (Wildman–Crippen MR) is 115 cm³/mol. The van der Waals surface area contributed by atoms with Gasteiger partial charge in [0.25, 0.3) is 5.56 Å². The van der Waals surface area contributed by atoms with E-state index in [1.54, 1.807) is 36.5 Å². The van der Waals surface area contributed by atoms with E-state index in [1.807, 2.05) is 6.92 Å². The number of hydrogen-bond donors (Lipinski definition) is 2. The highest BCUT2D eigenvalue weighted by Gasteiger charge is 2.27. The second-order valence-electron chi connectivity index (χ2n) is 7.90. The first-order chi connectivity index (χ1) is 14.9. The normalized spacial score (nSPS) is 18.5. The number of aliphatic carboxylic acids is 1. The molecule has 0 amide bonds. The predicted octanol–water partition coefficient (Wildman–Crippen LogP) is 3.80. The monoisotopic (exact) mass is 422 g/mol. The Morgan fingerprint density at radius 1 is 1.26 bits per heavy atom. The maximum Gasteiger partial charge on any atom is 0.306 e. The van der Waals surface area contributed by atoms with Gasteiger partial charge in [0.05, 0.1) is 12.1 Å². The summed E-state index contributed by atoms with van der Waals surface area (Å²) in [5, 5.41) is 12.4. The van der Waals surface area contributed by atoms with Crippen LogP contribution in [0.2, 0.25) is 0 Å². The quantitative estimate of drug-likeness (QED) is 0.649. The Morgan fingerprint density at radius 3 is 2.90 bits per heavy atom. The molecule has 2 aromatic heterocycles. The molecule has 7 nitrogen and oxygen atoms in total. The Morgan fingerprint density at radius 2 is 2.10 bits per heavy atom. The minimum absolute atomic E-state index is 0.0784.